The third kappa shape index (κ3) is 7.49. The van der Waals surface area contributed by atoms with Crippen LogP contribution in [0.15, 0.2) is 117 Å². The van der Waals surface area contributed by atoms with Crippen molar-refractivity contribution in [1.82, 2.24) is 10.3 Å². The molecule has 12 heteroatoms. The Morgan fingerprint density at radius 3 is 2.23 bits per heavy atom. The summed E-state index contributed by atoms with van der Waals surface area (Å²) < 4.78 is 12.1. The monoisotopic (exact) mass is 820 g/mol. The van der Waals surface area contributed by atoms with Crippen molar-refractivity contribution in [2.45, 2.75) is 25.3 Å². The molecule has 5 aromatic rings. The maximum atomic E-state index is 12.4. The number of nitrogens with zero attached hydrogens (tertiary/aromatic N) is 2. The van der Waals surface area contributed by atoms with Crippen LogP contribution in [0.5, 0.6) is 11.5 Å². The van der Waals surface area contributed by atoms with E-state index in [-0.39, 0.29) is 0 Å². The standard InChI is InChI=1S/C41H33IN4O7/c1-52-27-15-12-25(13-16-27)37-36(42)35(24-10-6-3-7-11-24)40(44-37)46-39-34(23-8-4-2-5-9-23)30-18-14-26-20-28(17-19-29(26)38(30)45-39)53-22-32(47)43-31(41(50)51)21-33(48)49/h2-13,15-17,19-20,31,45H,14,18,21-22H2,1H3,(H,43,47)(H,48,49)(H,50,51)/b46-40-. The molecule has 0 fully saturated rings. The molecule has 2 aliphatic rings. The zero-order chi connectivity index (χ0) is 37.1. The van der Waals surface area contributed by atoms with Crippen molar-refractivity contribution >= 4 is 63.4 Å². The number of H-pyrrole nitrogens is 1. The highest BCUT2D eigenvalue weighted by Crippen LogP contribution is 2.46. The highest BCUT2D eigenvalue weighted by atomic mass is 127. The van der Waals surface area contributed by atoms with Gasteiger partial charge in [0, 0.05) is 22.3 Å². The number of carbonyl (C=O) groups is 3. The number of hydrogen-bond acceptors (Lipinski definition) is 6. The van der Waals surface area contributed by atoms with Gasteiger partial charge in [0.05, 0.1) is 28.5 Å². The van der Waals surface area contributed by atoms with Crippen LogP contribution in [0.25, 0.3) is 28.0 Å². The van der Waals surface area contributed by atoms with Gasteiger partial charge in [-0.1, -0.05) is 60.7 Å². The van der Waals surface area contributed by atoms with Crippen LogP contribution in [0.1, 0.15) is 28.7 Å². The molecule has 1 aliphatic heterocycles. The lowest BCUT2D eigenvalue weighted by Crippen LogP contribution is -2.44. The zero-order valence-corrected chi connectivity index (χ0v) is 30.6. The third-order valence-corrected chi connectivity index (χ3v) is 10.1. The molecule has 0 saturated heterocycles. The first-order chi connectivity index (χ1) is 25.7. The number of carbonyl (C=O) groups excluding carboxylic acids is 1. The minimum atomic E-state index is -1.55. The van der Waals surface area contributed by atoms with Crippen molar-refractivity contribution in [2.24, 2.45) is 9.98 Å². The van der Waals surface area contributed by atoms with Crippen LogP contribution in [0.2, 0.25) is 0 Å². The Morgan fingerprint density at radius 2 is 1.57 bits per heavy atom. The molecule has 7 rings (SSSR count). The van der Waals surface area contributed by atoms with E-state index in [1.807, 2.05) is 72.8 Å². The Balaban J connectivity index is 1.25. The maximum absolute atomic E-state index is 12.4. The summed E-state index contributed by atoms with van der Waals surface area (Å²) in [4.78, 5) is 48.8. The number of nitrogens with one attached hydrogen (secondary N) is 2. The minimum Gasteiger partial charge on any atom is -0.497 e. The van der Waals surface area contributed by atoms with Gasteiger partial charge in [0.25, 0.3) is 5.91 Å². The Hall–Kier alpha value is -6.02. The number of methoxy groups -OCH3 is 1. The number of amides is 1. The molecule has 53 heavy (non-hydrogen) atoms. The number of amidine groups is 1. The molecule has 1 amide bonds. The molecule has 0 radical (unpaired) electrons. The van der Waals surface area contributed by atoms with Gasteiger partial charge in [-0.2, -0.15) is 0 Å². The van der Waals surface area contributed by atoms with Gasteiger partial charge < -0.3 is 30.0 Å². The average Bonchev–Trinajstić information content (AvgIpc) is 3.70. The van der Waals surface area contributed by atoms with Crippen LogP contribution in [0.3, 0.4) is 0 Å². The van der Waals surface area contributed by atoms with Gasteiger partial charge in [-0.25, -0.2) is 14.8 Å². The molecule has 0 saturated carbocycles. The number of hydrogen-bond donors (Lipinski definition) is 4. The van der Waals surface area contributed by atoms with Gasteiger partial charge in [0.15, 0.2) is 12.4 Å². The summed E-state index contributed by atoms with van der Waals surface area (Å²) in [6, 6.07) is 32.1. The fourth-order valence-corrected chi connectivity index (χ4v) is 7.53. The normalized spacial score (nSPS) is 14.6. The van der Waals surface area contributed by atoms with Crippen molar-refractivity contribution in [2.75, 3.05) is 13.7 Å². The third-order valence-electron chi connectivity index (χ3n) is 9.03. The Kier molecular flexibility index (Phi) is 10.2. The highest BCUT2D eigenvalue weighted by Gasteiger charge is 2.30. The summed E-state index contributed by atoms with van der Waals surface area (Å²) in [5, 5.41) is 20.4. The number of aliphatic imine (C=N–C) groups is 2. The average molecular weight is 821 g/mol. The smallest absolute Gasteiger partial charge is 0.326 e. The summed E-state index contributed by atoms with van der Waals surface area (Å²) >= 11 is 2.36. The first-order valence-electron chi connectivity index (χ1n) is 16.8. The number of aliphatic carboxylic acids is 2. The van der Waals surface area contributed by atoms with Crippen molar-refractivity contribution in [3.63, 3.8) is 0 Å². The number of allylic oxidation sites excluding steroid dienone is 1. The van der Waals surface area contributed by atoms with E-state index in [1.54, 1.807) is 13.2 Å². The van der Waals surface area contributed by atoms with Gasteiger partial charge in [0.2, 0.25) is 0 Å². The molecule has 4 N–H and O–H groups in total. The first kappa shape index (κ1) is 35.4. The Labute approximate surface area is 318 Å². The molecule has 1 unspecified atom stereocenters. The van der Waals surface area contributed by atoms with Crippen LogP contribution >= 0.6 is 22.6 Å². The van der Waals surface area contributed by atoms with Crippen LogP contribution in [0.4, 0.5) is 5.82 Å². The molecule has 0 spiro atoms. The zero-order valence-electron chi connectivity index (χ0n) is 28.4. The van der Waals surface area contributed by atoms with Crippen molar-refractivity contribution in [1.29, 1.82) is 0 Å². The number of aromatic amines is 1. The molecule has 2 heterocycles. The fourth-order valence-electron chi connectivity index (χ4n) is 6.55. The second kappa shape index (κ2) is 15.3. The van der Waals surface area contributed by atoms with E-state index < -0.39 is 36.9 Å². The van der Waals surface area contributed by atoms with Gasteiger partial charge >= 0.3 is 11.9 Å². The Morgan fingerprint density at radius 1 is 0.887 bits per heavy atom. The van der Waals surface area contributed by atoms with Gasteiger partial charge in [0.1, 0.15) is 23.4 Å². The van der Waals surface area contributed by atoms with Crippen LogP contribution < -0.4 is 14.8 Å². The summed E-state index contributed by atoms with van der Waals surface area (Å²) in [5.41, 5.74) is 9.80. The fraction of sp³-hybridized carbons (Fsp3) is 0.146. The number of aromatic nitrogens is 1. The Bertz CT molecular complexity index is 2310. The van der Waals surface area contributed by atoms with E-state index in [0.717, 1.165) is 65.3 Å². The number of carboxylic acids is 2. The minimum absolute atomic E-state index is 0.432. The molecular weight excluding hydrogens is 787 g/mol. The number of halogens is 1. The van der Waals surface area contributed by atoms with E-state index in [0.29, 0.717) is 30.2 Å². The van der Waals surface area contributed by atoms with Crippen molar-refractivity contribution in [3.05, 3.63) is 129 Å². The first-order valence-corrected chi connectivity index (χ1v) is 17.9. The van der Waals surface area contributed by atoms with E-state index in [9.17, 15) is 19.5 Å². The lowest BCUT2D eigenvalue weighted by molar-refractivity contribution is -0.147. The van der Waals surface area contributed by atoms with Gasteiger partial charge in [-0.15, -0.1) is 0 Å². The summed E-state index contributed by atoms with van der Waals surface area (Å²) in [7, 11) is 1.64. The number of carboxylic acid groups (broad SMARTS) is 2. The van der Waals surface area contributed by atoms with Crippen LogP contribution in [-0.4, -0.2) is 64.3 Å². The second-order valence-corrected chi connectivity index (χ2v) is 13.5. The molecule has 1 atom stereocenters. The molecule has 11 nitrogen and oxygen atoms in total. The number of aryl methyl sites for hydroxylation is 1. The van der Waals surface area contributed by atoms with E-state index in [1.165, 1.54) is 0 Å². The topological polar surface area (TPSA) is 163 Å². The predicted molar refractivity (Wildman–Crippen MR) is 210 cm³/mol. The lowest BCUT2D eigenvalue weighted by atomic mass is 9.87. The number of rotatable bonds is 12. The number of ether oxygens (including phenoxy) is 2. The van der Waals surface area contributed by atoms with Crippen LogP contribution in [0, 0.1) is 0 Å². The maximum Gasteiger partial charge on any atom is 0.326 e. The van der Waals surface area contributed by atoms with E-state index >= 15 is 0 Å². The van der Waals surface area contributed by atoms with Crippen molar-refractivity contribution < 1.29 is 34.1 Å². The van der Waals surface area contributed by atoms with E-state index in [4.69, 9.17) is 24.6 Å². The quantitative estimate of drug-likeness (QED) is 0.0964. The molecule has 4 aromatic carbocycles. The molecular formula is C41H33IN4O7. The van der Waals surface area contributed by atoms with E-state index in [2.05, 4.69) is 57.2 Å². The molecule has 0 bridgehead atoms. The molecule has 1 aliphatic carbocycles. The van der Waals surface area contributed by atoms with Crippen molar-refractivity contribution in [3.8, 4) is 33.9 Å². The summed E-state index contributed by atoms with van der Waals surface area (Å²) in [5.74, 6) is -1.02. The second-order valence-electron chi connectivity index (χ2n) is 12.4. The summed E-state index contributed by atoms with van der Waals surface area (Å²) in [6.45, 7) is -0.467. The SMILES string of the molecule is COc1ccc(C2=N/C(=N\c3[nH]c4c(c3-c3ccccc3)CCc3cc(OCC(=O)NC(CC(=O)O)C(=O)O)ccc3-4)C(c3ccccc3)=C2I)cc1. The summed E-state index contributed by atoms with van der Waals surface area (Å²) in [6.07, 6.45) is 0.675. The number of benzene rings is 4. The van der Waals surface area contributed by atoms with Crippen LogP contribution in [-0.2, 0) is 27.2 Å². The van der Waals surface area contributed by atoms with Gasteiger partial charge in [-0.3, -0.25) is 9.59 Å². The number of fused-ring (bicyclic) bond motifs is 3. The lowest BCUT2D eigenvalue weighted by Gasteiger charge is -2.19. The van der Waals surface area contributed by atoms with Gasteiger partial charge in [-0.05, 0) is 100 Å². The molecule has 266 valence electrons. The highest BCUT2D eigenvalue weighted by molar-refractivity contribution is 14.1. The molecule has 1 aromatic heterocycles. The predicted octanol–water partition coefficient (Wildman–Crippen LogP) is 7.26. The largest absolute Gasteiger partial charge is 0.497 e.